The number of H-pyrrole nitrogens is 1. The number of primary amides is 1. The second-order valence-electron chi connectivity index (χ2n) is 6.32. The summed E-state index contributed by atoms with van der Waals surface area (Å²) in [5, 5.41) is 0.493. The number of hydrogen-bond donors (Lipinski definition) is 2. The Morgan fingerprint density at radius 1 is 1.08 bits per heavy atom. The molecule has 3 N–H and O–H groups in total. The molecule has 1 aromatic heterocycles. The number of esters is 1. The van der Waals surface area contributed by atoms with Crippen LogP contribution in [0.4, 0.5) is 0 Å². The summed E-state index contributed by atoms with van der Waals surface area (Å²) < 4.78 is 5.55. The van der Waals surface area contributed by atoms with Gasteiger partial charge in [-0.1, -0.05) is 36.4 Å². The van der Waals surface area contributed by atoms with Gasteiger partial charge in [-0.15, -0.1) is 0 Å². The number of aromatic nitrogens is 1. The predicted molar refractivity (Wildman–Crippen MR) is 95.9 cm³/mol. The van der Waals surface area contributed by atoms with Gasteiger partial charge in [0, 0.05) is 23.4 Å². The van der Waals surface area contributed by atoms with Crippen LogP contribution in [0.5, 0.6) is 0 Å². The molecule has 2 unspecified atom stereocenters. The monoisotopic (exact) mass is 348 g/mol. The Hall–Kier alpha value is -3.41. The molecule has 6 heteroatoms. The molecule has 2 atom stereocenters. The minimum Gasteiger partial charge on any atom is -0.456 e. The van der Waals surface area contributed by atoms with Crippen LogP contribution in [0.1, 0.15) is 27.5 Å². The normalized spacial score (nSPS) is 18.5. The third-order valence-corrected chi connectivity index (χ3v) is 4.71. The third-order valence-electron chi connectivity index (χ3n) is 4.71. The fourth-order valence-electron chi connectivity index (χ4n) is 3.51. The van der Waals surface area contributed by atoms with Gasteiger partial charge in [0.2, 0.25) is 5.91 Å². The number of nitrogens with one attached hydrogen (secondary N) is 1. The lowest BCUT2D eigenvalue weighted by Crippen LogP contribution is -2.32. The minimum atomic E-state index is -0.692. The summed E-state index contributed by atoms with van der Waals surface area (Å²) in [4.78, 5) is 39.6. The van der Waals surface area contributed by atoms with Gasteiger partial charge < -0.3 is 15.5 Å². The molecule has 1 heterocycles. The zero-order chi connectivity index (χ0) is 18.3. The van der Waals surface area contributed by atoms with Crippen molar-refractivity contribution >= 4 is 22.8 Å². The standard InChI is InChI=1S/C20H16N2O4/c21-19(24)18-12-6-2-1-5-11(12)9-17(18)26-20(25)15-10-16(23)13-7-3-4-8-14(13)22-15/h1-8,10,17-18H,9H2,(H2,21,24)(H,22,23). The summed E-state index contributed by atoms with van der Waals surface area (Å²) in [5.41, 5.74) is 7.57. The lowest BCUT2D eigenvalue weighted by Gasteiger charge is -2.18. The van der Waals surface area contributed by atoms with Crippen LogP contribution in [-0.2, 0) is 16.0 Å². The molecule has 0 saturated heterocycles. The molecule has 0 bridgehead atoms. The summed E-state index contributed by atoms with van der Waals surface area (Å²) in [5.74, 6) is -1.92. The van der Waals surface area contributed by atoms with Gasteiger partial charge in [0.15, 0.2) is 5.43 Å². The maximum atomic E-state index is 12.6. The number of pyridine rings is 1. The van der Waals surface area contributed by atoms with Crippen LogP contribution in [0.2, 0.25) is 0 Å². The van der Waals surface area contributed by atoms with Crippen LogP contribution < -0.4 is 11.2 Å². The van der Waals surface area contributed by atoms with Gasteiger partial charge in [-0.05, 0) is 23.3 Å². The maximum absolute atomic E-state index is 12.6. The summed E-state index contributed by atoms with van der Waals surface area (Å²) in [6.07, 6.45) is -0.278. The molecule has 3 aromatic rings. The molecular formula is C20H16N2O4. The van der Waals surface area contributed by atoms with Gasteiger partial charge in [0.25, 0.3) is 0 Å². The van der Waals surface area contributed by atoms with E-state index in [1.807, 2.05) is 24.3 Å². The highest BCUT2D eigenvalue weighted by atomic mass is 16.5. The number of carbonyl (C=O) groups is 2. The highest BCUT2D eigenvalue weighted by molar-refractivity contribution is 5.92. The van der Waals surface area contributed by atoms with Crippen molar-refractivity contribution in [3.8, 4) is 0 Å². The number of nitrogens with two attached hydrogens (primary N) is 1. The molecule has 2 aromatic carbocycles. The Morgan fingerprint density at radius 2 is 1.81 bits per heavy atom. The molecule has 1 amide bonds. The first-order chi connectivity index (χ1) is 12.5. The number of hydrogen-bond acceptors (Lipinski definition) is 4. The zero-order valence-electron chi connectivity index (χ0n) is 13.8. The van der Waals surface area contributed by atoms with Crippen LogP contribution in [0, 0.1) is 0 Å². The summed E-state index contributed by atoms with van der Waals surface area (Å²) >= 11 is 0. The first-order valence-electron chi connectivity index (χ1n) is 8.25. The van der Waals surface area contributed by atoms with Crippen molar-refractivity contribution in [3.05, 3.63) is 81.6 Å². The fraction of sp³-hybridized carbons (Fsp3) is 0.150. The van der Waals surface area contributed by atoms with Crippen molar-refractivity contribution in [1.82, 2.24) is 4.98 Å². The number of carbonyl (C=O) groups excluding carboxylic acids is 2. The van der Waals surface area contributed by atoms with Gasteiger partial charge >= 0.3 is 5.97 Å². The SMILES string of the molecule is NC(=O)C1c2ccccc2CC1OC(=O)c1cc(=O)c2ccccc2[nH]1. The summed E-state index contributed by atoms with van der Waals surface area (Å²) in [6.45, 7) is 0. The van der Waals surface area contributed by atoms with Gasteiger partial charge in [0.1, 0.15) is 17.7 Å². The van der Waals surface area contributed by atoms with Crippen molar-refractivity contribution < 1.29 is 14.3 Å². The predicted octanol–water partition coefficient (Wildman–Crippen LogP) is 1.88. The molecule has 1 aliphatic rings. The first-order valence-corrected chi connectivity index (χ1v) is 8.25. The number of aromatic amines is 1. The second-order valence-corrected chi connectivity index (χ2v) is 6.32. The average Bonchev–Trinajstić information content (AvgIpc) is 2.99. The zero-order valence-corrected chi connectivity index (χ0v) is 13.8. The molecule has 130 valence electrons. The van der Waals surface area contributed by atoms with Crippen molar-refractivity contribution in [2.75, 3.05) is 0 Å². The number of rotatable bonds is 3. The molecular weight excluding hydrogens is 332 g/mol. The second kappa shape index (κ2) is 6.15. The molecule has 26 heavy (non-hydrogen) atoms. The van der Waals surface area contributed by atoms with E-state index in [0.29, 0.717) is 17.3 Å². The number of ether oxygens (including phenoxy) is 1. The van der Waals surface area contributed by atoms with E-state index in [9.17, 15) is 14.4 Å². The molecule has 0 aliphatic heterocycles. The number of benzene rings is 2. The van der Waals surface area contributed by atoms with Crippen molar-refractivity contribution in [2.24, 2.45) is 5.73 Å². The maximum Gasteiger partial charge on any atom is 0.355 e. The average molecular weight is 348 g/mol. The topological polar surface area (TPSA) is 102 Å². The lowest BCUT2D eigenvalue weighted by molar-refractivity contribution is -0.121. The first kappa shape index (κ1) is 16.1. The van der Waals surface area contributed by atoms with E-state index in [1.165, 1.54) is 6.07 Å². The van der Waals surface area contributed by atoms with Crippen LogP contribution in [0.25, 0.3) is 10.9 Å². The Labute approximate surface area is 148 Å². The van der Waals surface area contributed by atoms with Crippen molar-refractivity contribution in [3.63, 3.8) is 0 Å². The summed E-state index contributed by atoms with van der Waals surface area (Å²) in [6, 6.07) is 15.5. The van der Waals surface area contributed by atoms with E-state index in [1.54, 1.807) is 24.3 Å². The largest absolute Gasteiger partial charge is 0.456 e. The molecule has 1 aliphatic carbocycles. The van der Waals surface area contributed by atoms with E-state index >= 15 is 0 Å². The number of amides is 1. The van der Waals surface area contributed by atoms with Crippen LogP contribution in [0.15, 0.2) is 59.4 Å². The Kier molecular flexibility index (Phi) is 3.80. The fourth-order valence-corrected chi connectivity index (χ4v) is 3.51. The quantitative estimate of drug-likeness (QED) is 0.706. The Bertz CT molecular complexity index is 1090. The minimum absolute atomic E-state index is 0.0490. The van der Waals surface area contributed by atoms with Crippen LogP contribution in [0.3, 0.4) is 0 Å². The summed E-state index contributed by atoms with van der Waals surface area (Å²) in [7, 11) is 0. The van der Waals surface area contributed by atoms with Gasteiger partial charge in [0.05, 0.1) is 0 Å². The number of fused-ring (bicyclic) bond motifs is 2. The van der Waals surface area contributed by atoms with Crippen molar-refractivity contribution in [2.45, 2.75) is 18.4 Å². The van der Waals surface area contributed by atoms with E-state index in [4.69, 9.17) is 10.5 Å². The molecule has 0 spiro atoms. The lowest BCUT2D eigenvalue weighted by atomic mass is 9.99. The molecule has 0 saturated carbocycles. The van der Waals surface area contributed by atoms with Gasteiger partial charge in [-0.3, -0.25) is 9.59 Å². The van der Waals surface area contributed by atoms with E-state index in [0.717, 1.165) is 11.1 Å². The van der Waals surface area contributed by atoms with Gasteiger partial charge in [-0.25, -0.2) is 4.79 Å². The number of para-hydroxylation sites is 1. The van der Waals surface area contributed by atoms with Crippen LogP contribution >= 0.6 is 0 Å². The highest BCUT2D eigenvalue weighted by Crippen LogP contribution is 2.35. The van der Waals surface area contributed by atoms with E-state index < -0.39 is 23.9 Å². The molecule has 0 radical (unpaired) electrons. The molecule has 0 fully saturated rings. The smallest absolute Gasteiger partial charge is 0.355 e. The highest BCUT2D eigenvalue weighted by Gasteiger charge is 2.39. The molecule has 4 rings (SSSR count). The molecule has 6 nitrogen and oxygen atoms in total. The van der Waals surface area contributed by atoms with E-state index in [-0.39, 0.29) is 11.1 Å². The Morgan fingerprint density at radius 3 is 2.62 bits per heavy atom. The third kappa shape index (κ3) is 2.65. The van der Waals surface area contributed by atoms with E-state index in [2.05, 4.69) is 4.98 Å². The van der Waals surface area contributed by atoms with Crippen molar-refractivity contribution in [1.29, 1.82) is 0 Å². The van der Waals surface area contributed by atoms with Gasteiger partial charge in [-0.2, -0.15) is 0 Å². The van der Waals surface area contributed by atoms with Crippen LogP contribution in [-0.4, -0.2) is 23.0 Å². The Balaban J connectivity index is 1.65.